The van der Waals surface area contributed by atoms with Gasteiger partial charge in [-0.05, 0) is 69.5 Å². The number of ether oxygens (including phenoxy) is 3. The van der Waals surface area contributed by atoms with Crippen molar-refractivity contribution in [3.63, 3.8) is 0 Å². The third-order valence-corrected chi connectivity index (χ3v) is 7.49. The molecular weight excluding hydrogens is 423 g/mol. The average molecular weight is 460 g/mol. The molecule has 0 spiro atoms. The molecule has 0 amide bonds. The Morgan fingerprint density at radius 1 is 0.970 bits per heavy atom. The number of carbonyl (C=O) groups excluding carboxylic acids is 2. The predicted molar refractivity (Wildman–Crippen MR) is 125 cm³/mol. The Hall–Kier alpha value is -2.06. The van der Waals surface area contributed by atoms with Gasteiger partial charge in [-0.1, -0.05) is 26.0 Å². The molecule has 2 fully saturated rings. The zero-order valence-electron chi connectivity index (χ0n) is 21.0. The first-order valence-electron chi connectivity index (χ1n) is 11.7. The molecular formula is C25H37BO7. The SMILES string of the molecule is CC(=O)OCC1CC(Oc2ccc(B3OC(C)(C)C(C)(C)O3)cc2)C(OC(C)=O)C(C)C1C. The lowest BCUT2D eigenvalue weighted by atomic mass is 9.71. The molecule has 0 bridgehead atoms. The van der Waals surface area contributed by atoms with Crippen LogP contribution in [0.5, 0.6) is 5.75 Å². The average Bonchev–Trinajstić information content (AvgIpc) is 2.94. The molecule has 1 aliphatic carbocycles. The van der Waals surface area contributed by atoms with E-state index in [-0.39, 0.29) is 41.9 Å². The summed E-state index contributed by atoms with van der Waals surface area (Å²) in [7, 11) is -0.443. The molecule has 182 valence electrons. The molecule has 0 aromatic heterocycles. The topological polar surface area (TPSA) is 80.3 Å². The highest BCUT2D eigenvalue weighted by Gasteiger charge is 2.51. The fourth-order valence-corrected chi connectivity index (χ4v) is 4.51. The second kappa shape index (κ2) is 9.67. The van der Waals surface area contributed by atoms with Crippen LogP contribution in [0.1, 0.15) is 61.8 Å². The van der Waals surface area contributed by atoms with Crippen molar-refractivity contribution in [1.29, 1.82) is 0 Å². The third-order valence-electron chi connectivity index (χ3n) is 7.49. The molecule has 1 aromatic rings. The Morgan fingerprint density at radius 2 is 1.55 bits per heavy atom. The van der Waals surface area contributed by atoms with Crippen LogP contribution in [0, 0.1) is 17.8 Å². The van der Waals surface area contributed by atoms with Crippen LogP contribution in [0.25, 0.3) is 0 Å². The molecule has 0 radical (unpaired) electrons. The van der Waals surface area contributed by atoms with E-state index in [1.165, 1.54) is 13.8 Å². The summed E-state index contributed by atoms with van der Waals surface area (Å²) < 4.78 is 29.5. The first-order chi connectivity index (χ1) is 15.3. The zero-order chi connectivity index (χ0) is 24.6. The minimum atomic E-state index is -0.443. The molecule has 1 saturated carbocycles. The molecule has 5 atom stereocenters. The van der Waals surface area contributed by atoms with Crippen LogP contribution in [-0.2, 0) is 28.4 Å². The highest BCUT2D eigenvalue weighted by Crippen LogP contribution is 2.39. The molecule has 3 rings (SSSR count). The van der Waals surface area contributed by atoms with Gasteiger partial charge >= 0.3 is 19.1 Å². The second-order valence-electron chi connectivity index (χ2n) is 10.4. The summed E-state index contributed by atoms with van der Waals surface area (Å²) in [6, 6.07) is 7.64. The third kappa shape index (κ3) is 5.72. The molecule has 0 N–H and O–H groups in total. The Labute approximate surface area is 197 Å². The Bertz CT molecular complexity index is 833. The van der Waals surface area contributed by atoms with Gasteiger partial charge < -0.3 is 23.5 Å². The highest BCUT2D eigenvalue weighted by atomic mass is 16.7. The molecule has 33 heavy (non-hydrogen) atoms. The van der Waals surface area contributed by atoms with Crippen LogP contribution in [0.15, 0.2) is 24.3 Å². The number of benzene rings is 1. The summed E-state index contributed by atoms with van der Waals surface area (Å²) in [5.41, 5.74) is 0.0993. The minimum Gasteiger partial charge on any atom is -0.487 e. The fourth-order valence-electron chi connectivity index (χ4n) is 4.51. The molecule has 1 aliphatic heterocycles. The van der Waals surface area contributed by atoms with Gasteiger partial charge in [-0.15, -0.1) is 0 Å². The van der Waals surface area contributed by atoms with E-state index in [0.29, 0.717) is 18.8 Å². The quantitative estimate of drug-likeness (QED) is 0.475. The van der Waals surface area contributed by atoms with Crippen LogP contribution in [-0.4, -0.2) is 49.1 Å². The molecule has 5 unspecified atom stereocenters. The van der Waals surface area contributed by atoms with Crippen molar-refractivity contribution in [3.05, 3.63) is 24.3 Å². The summed E-state index contributed by atoms with van der Waals surface area (Å²) in [4.78, 5) is 23.1. The smallest absolute Gasteiger partial charge is 0.487 e. The number of hydrogen-bond acceptors (Lipinski definition) is 7. The van der Waals surface area contributed by atoms with E-state index in [9.17, 15) is 9.59 Å². The van der Waals surface area contributed by atoms with E-state index in [1.54, 1.807) is 0 Å². The lowest BCUT2D eigenvalue weighted by molar-refractivity contribution is -0.165. The molecule has 7 nitrogen and oxygen atoms in total. The monoisotopic (exact) mass is 460 g/mol. The van der Waals surface area contributed by atoms with E-state index in [1.807, 2.05) is 52.0 Å². The van der Waals surface area contributed by atoms with Crippen molar-refractivity contribution in [2.24, 2.45) is 17.8 Å². The van der Waals surface area contributed by atoms with Gasteiger partial charge in [0, 0.05) is 13.8 Å². The molecule has 1 aromatic carbocycles. The summed E-state index contributed by atoms with van der Waals surface area (Å²) in [6.07, 6.45) is -0.104. The number of rotatable bonds is 6. The van der Waals surface area contributed by atoms with Crippen molar-refractivity contribution < 1.29 is 33.1 Å². The van der Waals surface area contributed by atoms with Crippen molar-refractivity contribution >= 4 is 24.5 Å². The van der Waals surface area contributed by atoms with E-state index in [4.69, 9.17) is 23.5 Å². The maximum Gasteiger partial charge on any atom is 0.494 e. The van der Waals surface area contributed by atoms with E-state index in [0.717, 1.165) is 5.46 Å². The molecule has 2 aliphatic rings. The number of esters is 2. The van der Waals surface area contributed by atoms with Crippen LogP contribution in [0.2, 0.25) is 0 Å². The van der Waals surface area contributed by atoms with Crippen molar-refractivity contribution in [3.8, 4) is 5.75 Å². The molecule has 1 saturated heterocycles. The largest absolute Gasteiger partial charge is 0.494 e. The highest BCUT2D eigenvalue weighted by molar-refractivity contribution is 6.62. The van der Waals surface area contributed by atoms with Gasteiger partial charge in [0.1, 0.15) is 18.0 Å². The van der Waals surface area contributed by atoms with Crippen LogP contribution in [0.4, 0.5) is 0 Å². The fraction of sp³-hybridized carbons (Fsp3) is 0.680. The second-order valence-corrected chi connectivity index (χ2v) is 10.4. The summed E-state index contributed by atoms with van der Waals surface area (Å²) in [6.45, 7) is 15.4. The van der Waals surface area contributed by atoms with E-state index >= 15 is 0 Å². The zero-order valence-corrected chi connectivity index (χ0v) is 21.0. The van der Waals surface area contributed by atoms with Gasteiger partial charge in [0.15, 0.2) is 0 Å². The van der Waals surface area contributed by atoms with E-state index in [2.05, 4.69) is 13.8 Å². The summed E-state index contributed by atoms with van der Waals surface area (Å²) in [5, 5.41) is 0. The molecule has 1 heterocycles. The maximum atomic E-state index is 11.8. The first-order valence-corrected chi connectivity index (χ1v) is 11.7. The Kier molecular flexibility index (Phi) is 7.49. The van der Waals surface area contributed by atoms with Crippen LogP contribution >= 0.6 is 0 Å². The molecule has 8 heteroatoms. The number of carbonyl (C=O) groups is 2. The predicted octanol–water partition coefficient (Wildman–Crippen LogP) is 3.52. The van der Waals surface area contributed by atoms with Gasteiger partial charge in [0.05, 0.1) is 17.8 Å². The Morgan fingerprint density at radius 3 is 2.06 bits per heavy atom. The summed E-state index contributed by atoms with van der Waals surface area (Å²) >= 11 is 0. The van der Waals surface area contributed by atoms with Crippen molar-refractivity contribution in [2.75, 3.05) is 6.61 Å². The van der Waals surface area contributed by atoms with Gasteiger partial charge in [0.2, 0.25) is 0 Å². The minimum absolute atomic E-state index is 0.0530. The lowest BCUT2D eigenvalue weighted by Gasteiger charge is -2.43. The van der Waals surface area contributed by atoms with Crippen LogP contribution < -0.4 is 10.2 Å². The van der Waals surface area contributed by atoms with Crippen molar-refractivity contribution in [1.82, 2.24) is 0 Å². The van der Waals surface area contributed by atoms with Gasteiger partial charge in [0.25, 0.3) is 0 Å². The van der Waals surface area contributed by atoms with E-state index < -0.39 is 18.3 Å². The van der Waals surface area contributed by atoms with Crippen molar-refractivity contribution in [2.45, 2.75) is 85.2 Å². The standard InChI is InChI=1S/C25H37BO7/c1-15-16(2)23(30-18(4)28)22(13-19(15)14-29-17(3)27)31-21-11-9-20(10-12-21)26-32-24(5,6)25(7,8)33-26/h9-12,15-16,19,22-23H,13-14H2,1-8H3. The normalized spacial score (nSPS) is 30.5. The summed E-state index contributed by atoms with van der Waals surface area (Å²) in [5.74, 6) is 0.418. The van der Waals surface area contributed by atoms with Gasteiger partial charge in [-0.25, -0.2) is 0 Å². The van der Waals surface area contributed by atoms with Gasteiger partial charge in [-0.3, -0.25) is 9.59 Å². The first kappa shape index (κ1) is 25.6. The number of hydrogen-bond donors (Lipinski definition) is 0. The van der Waals surface area contributed by atoms with Crippen LogP contribution in [0.3, 0.4) is 0 Å². The van der Waals surface area contributed by atoms with Gasteiger partial charge in [-0.2, -0.15) is 0 Å². The lowest BCUT2D eigenvalue weighted by Crippen LogP contribution is -2.50. The Balaban J connectivity index is 1.74. The maximum absolute atomic E-state index is 11.8.